The molecule has 21 heavy (non-hydrogen) atoms. The number of carboxylic acid groups (broad SMARTS) is 1. The molecule has 1 rings (SSSR count). The van der Waals surface area contributed by atoms with Gasteiger partial charge in [0, 0.05) is 13.3 Å². The SMILES string of the molecule is CC(=O)N[C@@H]1[C@H]([C@H](O)[C@@H](O)CO)O[C@](O)(C(=O)O)C[C@@H]1O. The largest absolute Gasteiger partial charge is 0.477 e. The molecule has 0 saturated carbocycles. The number of hydrogen-bond acceptors (Lipinski definition) is 8. The van der Waals surface area contributed by atoms with E-state index < -0.39 is 61.1 Å². The maximum absolute atomic E-state index is 11.1. The zero-order chi connectivity index (χ0) is 16.4. The second-order valence-electron chi connectivity index (χ2n) is 4.91. The third kappa shape index (κ3) is 3.87. The van der Waals surface area contributed by atoms with Crippen LogP contribution in [0.25, 0.3) is 0 Å². The van der Waals surface area contributed by atoms with E-state index in [1.54, 1.807) is 0 Å². The molecule has 1 amide bonds. The highest BCUT2D eigenvalue weighted by molar-refractivity contribution is 5.76. The summed E-state index contributed by atoms with van der Waals surface area (Å²) < 4.78 is 4.86. The zero-order valence-electron chi connectivity index (χ0n) is 11.2. The Morgan fingerprint density at radius 1 is 1.43 bits per heavy atom. The minimum atomic E-state index is -2.78. The standard InChI is InChI=1S/C11H19NO9/c1-4(14)12-7-5(15)2-11(20,10(18)19)21-9(7)8(17)6(16)3-13/h5-9,13,15-17,20H,2-3H2,1H3,(H,12,14)(H,18,19)/t5-,6-,7-,8+,9+,11-/m0/s1. The summed E-state index contributed by atoms with van der Waals surface area (Å²) in [5, 5.41) is 59.0. The molecule has 1 fully saturated rings. The lowest BCUT2D eigenvalue weighted by molar-refractivity contribution is -0.295. The third-order valence-electron chi connectivity index (χ3n) is 3.21. The number of aliphatic carboxylic acids is 1. The molecule has 1 heterocycles. The van der Waals surface area contributed by atoms with Gasteiger partial charge in [0.15, 0.2) is 0 Å². The Hall–Kier alpha value is -1.30. The molecule has 0 radical (unpaired) electrons. The predicted octanol–water partition coefficient (Wildman–Crippen LogP) is -3.87. The van der Waals surface area contributed by atoms with E-state index in [0.717, 1.165) is 6.92 Å². The van der Waals surface area contributed by atoms with Crippen LogP contribution in [0.4, 0.5) is 0 Å². The Balaban J connectivity index is 3.07. The first-order valence-electron chi connectivity index (χ1n) is 6.18. The second-order valence-corrected chi connectivity index (χ2v) is 4.91. The molecule has 10 nitrogen and oxygen atoms in total. The van der Waals surface area contributed by atoms with Crippen LogP contribution >= 0.6 is 0 Å². The average molecular weight is 309 g/mol. The van der Waals surface area contributed by atoms with Crippen LogP contribution in [0.15, 0.2) is 0 Å². The highest BCUT2D eigenvalue weighted by Gasteiger charge is 2.53. The van der Waals surface area contributed by atoms with Gasteiger partial charge in [0.05, 0.1) is 18.8 Å². The number of carbonyl (C=O) groups excluding carboxylic acids is 1. The summed E-state index contributed by atoms with van der Waals surface area (Å²) in [7, 11) is 0. The maximum atomic E-state index is 11.1. The molecule has 7 N–H and O–H groups in total. The smallest absolute Gasteiger partial charge is 0.364 e. The van der Waals surface area contributed by atoms with Crippen LogP contribution in [0.2, 0.25) is 0 Å². The Morgan fingerprint density at radius 3 is 2.43 bits per heavy atom. The highest BCUT2D eigenvalue weighted by Crippen LogP contribution is 2.30. The van der Waals surface area contributed by atoms with Crippen LogP contribution in [0.1, 0.15) is 13.3 Å². The van der Waals surface area contributed by atoms with Crippen molar-refractivity contribution >= 4 is 11.9 Å². The number of carbonyl (C=O) groups is 2. The lowest BCUT2D eigenvalue weighted by atomic mass is 9.88. The van der Waals surface area contributed by atoms with Crippen LogP contribution in [-0.4, -0.2) is 85.4 Å². The fourth-order valence-corrected chi connectivity index (χ4v) is 2.14. The molecule has 0 spiro atoms. The van der Waals surface area contributed by atoms with Crippen molar-refractivity contribution in [1.29, 1.82) is 0 Å². The normalized spacial score (nSPS) is 35.8. The van der Waals surface area contributed by atoms with Gasteiger partial charge in [-0.05, 0) is 0 Å². The van der Waals surface area contributed by atoms with Gasteiger partial charge in [-0.15, -0.1) is 0 Å². The van der Waals surface area contributed by atoms with E-state index >= 15 is 0 Å². The molecular formula is C11H19NO9. The number of rotatable bonds is 5. The molecule has 1 aliphatic heterocycles. The predicted molar refractivity (Wildman–Crippen MR) is 64.8 cm³/mol. The third-order valence-corrected chi connectivity index (χ3v) is 3.21. The van der Waals surface area contributed by atoms with Crippen molar-refractivity contribution in [1.82, 2.24) is 5.32 Å². The van der Waals surface area contributed by atoms with E-state index in [1.165, 1.54) is 0 Å². The Labute approximate surface area is 119 Å². The van der Waals surface area contributed by atoms with Crippen LogP contribution in [0.3, 0.4) is 0 Å². The molecule has 0 aromatic heterocycles. The molecule has 10 heteroatoms. The van der Waals surface area contributed by atoms with Gasteiger partial charge in [-0.25, -0.2) is 4.79 Å². The first-order chi connectivity index (χ1) is 9.62. The number of ether oxygens (including phenoxy) is 1. The van der Waals surface area contributed by atoms with Crippen LogP contribution in [0, 0.1) is 0 Å². The quantitative estimate of drug-likeness (QED) is 0.268. The second kappa shape index (κ2) is 6.64. The molecule has 0 aliphatic carbocycles. The van der Waals surface area contributed by atoms with Crippen molar-refractivity contribution in [2.75, 3.05) is 6.61 Å². The summed E-state index contributed by atoms with van der Waals surface area (Å²) in [6, 6.07) is -1.27. The van der Waals surface area contributed by atoms with Crippen LogP contribution < -0.4 is 5.32 Å². The molecule has 0 aromatic rings. The molecule has 1 saturated heterocycles. The molecule has 122 valence electrons. The van der Waals surface area contributed by atoms with Gasteiger partial charge in [-0.2, -0.15) is 0 Å². The fourth-order valence-electron chi connectivity index (χ4n) is 2.14. The van der Waals surface area contributed by atoms with Crippen molar-refractivity contribution in [3.05, 3.63) is 0 Å². The van der Waals surface area contributed by atoms with Gasteiger partial charge >= 0.3 is 5.97 Å². The van der Waals surface area contributed by atoms with Gasteiger partial charge in [0.2, 0.25) is 5.91 Å². The lowest BCUT2D eigenvalue weighted by Gasteiger charge is -2.44. The number of aliphatic hydroxyl groups excluding tert-OH is 4. The summed E-state index contributed by atoms with van der Waals surface area (Å²) >= 11 is 0. The average Bonchev–Trinajstić information content (AvgIpc) is 2.39. The number of amides is 1. The molecular weight excluding hydrogens is 290 g/mol. The van der Waals surface area contributed by atoms with Gasteiger partial charge < -0.3 is 40.7 Å². The van der Waals surface area contributed by atoms with Crippen molar-refractivity contribution in [2.45, 2.75) is 49.6 Å². The van der Waals surface area contributed by atoms with E-state index in [-0.39, 0.29) is 0 Å². The number of aliphatic hydroxyl groups is 5. The van der Waals surface area contributed by atoms with Crippen molar-refractivity contribution < 1.29 is 45.0 Å². The summed E-state index contributed by atoms with van der Waals surface area (Å²) in [6.07, 6.45) is -7.48. The highest BCUT2D eigenvalue weighted by atomic mass is 16.7. The first kappa shape index (κ1) is 17.8. The van der Waals surface area contributed by atoms with Gasteiger partial charge in [0.1, 0.15) is 18.3 Å². The molecule has 6 atom stereocenters. The Kier molecular flexibility index (Phi) is 5.61. The van der Waals surface area contributed by atoms with Gasteiger partial charge in [-0.1, -0.05) is 0 Å². The number of carboxylic acids is 1. The van der Waals surface area contributed by atoms with E-state index in [0.29, 0.717) is 0 Å². The molecule has 0 aromatic carbocycles. The summed E-state index contributed by atoms with van der Waals surface area (Å²) in [4.78, 5) is 22.1. The van der Waals surface area contributed by atoms with Gasteiger partial charge in [0.25, 0.3) is 5.79 Å². The van der Waals surface area contributed by atoms with E-state index in [9.17, 15) is 30.0 Å². The first-order valence-corrected chi connectivity index (χ1v) is 6.18. The lowest BCUT2D eigenvalue weighted by Crippen LogP contribution is -2.67. The van der Waals surface area contributed by atoms with Crippen molar-refractivity contribution in [3.63, 3.8) is 0 Å². The Morgan fingerprint density at radius 2 is 2.00 bits per heavy atom. The molecule has 0 unspecified atom stereocenters. The minimum absolute atomic E-state index is 0.598. The molecule has 0 bridgehead atoms. The number of nitrogens with one attached hydrogen (secondary N) is 1. The van der Waals surface area contributed by atoms with Crippen molar-refractivity contribution in [3.8, 4) is 0 Å². The minimum Gasteiger partial charge on any atom is -0.477 e. The zero-order valence-corrected chi connectivity index (χ0v) is 11.2. The van der Waals surface area contributed by atoms with Crippen LogP contribution in [0.5, 0.6) is 0 Å². The summed E-state index contributed by atoms with van der Waals surface area (Å²) in [5.41, 5.74) is 0. The fraction of sp³-hybridized carbons (Fsp3) is 0.818. The van der Waals surface area contributed by atoms with Crippen molar-refractivity contribution in [2.24, 2.45) is 0 Å². The molecule has 1 aliphatic rings. The van der Waals surface area contributed by atoms with Crippen LogP contribution in [-0.2, 0) is 14.3 Å². The summed E-state index contributed by atoms with van der Waals surface area (Å²) in [5.74, 6) is -5.17. The van der Waals surface area contributed by atoms with E-state index in [1.807, 2.05) is 0 Å². The Bertz CT molecular complexity index is 403. The topological polar surface area (TPSA) is 177 Å². The van der Waals surface area contributed by atoms with Gasteiger partial charge in [-0.3, -0.25) is 4.79 Å². The van der Waals surface area contributed by atoms with E-state index in [4.69, 9.17) is 14.9 Å². The number of hydrogen-bond donors (Lipinski definition) is 7. The monoisotopic (exact) mass is 309 g/mol. The van der Waals surface area contributed by atoms with E-state index in [2.05, 4.69) is 5.32 Å². The summed E-state index contributed by atoms with van der Waals surface area (Å²) in [6.45, 7) is 0.256. The maximum Gasteiger partial charge on any atom is 0.364 e.